The number of rotatable bonds is 4. The molecule has 0 aromatic rings. The second-order valence-electron chi connectivity index (χ2n) is 6.57. The van der Waals surface area contributed by atoms with E-state index in [0.29, 0.717) is 25.4 Å². The summed E-state index contributed by atoms with van der Waals surface area (Å²) in [7, 11) is 0. The molecule has 0 saturated carbocycles. The minimum absolute atomic E-state index is 0.00934. The Balaban J connectivity index is 1.76. The van der Waals surface area contributed by atoms with E-state index in [0.717, 1.165) is 22.8 Å². The molecule has 2 unspecified atom stereocenters. The highest BCUT2D eigenvalue weighted by Gasteiger charge is 2.40. The molecular formula is C17H24N2O4S. The van der Waals surface area contributed by atoms with Crippen LogP contribution in [0.3, 0.4) is 0 Å². The van der Waals surface area contributed by atoms with Gasteiger partial charge >= 0.3 is 5.97 Å². The number of esters is 1. The van der Waals surface area contributed by atoms with Crippen molar-refractivity contribution in [2.45, 2.75) is 33.0 Å². The van der Waals surface area contributed by atoms with Gasteiger partial charge in [-0.15, -0.1) is 11.8 Å². The third kappa shape index (κ3) is 3.53. The minimum Gasteiger partial charge on any atom is -0.460 e. The molecule has 0 aromatic heterocycles. The lowest BCUT2D eigenvalue weighted by Crippen LogP contribution is -2.42. The maximum absolute atomic E-state index is 12.4. The van der Waals surface area contributed by atoms with Gasteiger partial charge in [0, 0.05) is 43.1 Å². The molecule has 3 rings (SSSR count). The lowest BCUT2D eigenvalue weighted by molar-refractivity contribution is -0.143. The number of morpholine rings is 1. The molecule has 6 nitrogen and oxygen atoms in total. The number of nitrogens with zero attached hydrogens (tertiary/aromatic N) is 1. The number of nitrogens with one attached hydrogen (secondary N) is 1. The quantitative estimate of drug-likeness (QED) is 0.604. The summed E-state index contributed by atoms with van der Waals surface area (Å²) >= 11 is 1.60. The van der Waals surface area contributed by atoms with Crippen molar-refractivity contribution in [1.82, 2.24) is 10.2 Å². The SMILES string of the molecule is CC(C)OC(=O)C1=C2SCC(=CC(=O)C3CNCCO3)N2CC1C. The van der Waals surface area contributed by atoms with E-state index >= 15 is 0 Å². The summed E-state index contributed by atoms with van der Waals surface area (Å²) in [6.45, 7) is 8.35. The Hall–Kier alpha value is -1.31. The van der Waals surface area contributed by atoms with Gasteiger partial charge in [0.25, 0.3) is 0 Å². The number of hydrogen-bond acceptors (Lipinski definition) is 7. The average Bonchev–Trinajstić information content (AvgIpc) is 3.06. The topological polar surface area (TPSA) is 67.9 Å². The molecule has 0 radical (unpaired) electrons. The third-order valence-corrected chi connectivity index (χ3v) is 5.40. The van der Waals surface area contributed by atoms with Crippen molar-refractivity contribution >= 4 is 23.5 Å². The monoisotopic (exact) mass is 352 g/mol. The van der Waals surface area contributed by atoms with Crippen molar-refractivity contribution in [3.8, 4) is 0 Å². The molecule has 2 atom stereocenters. The van der Waals surface area contributed by atoms with Crippen molar-refractivity contribution in [3.05, 3.63) is 22.4 Å². The summed E-state index contributed by atoms with van der Waals surface area (Å²) in [6, 6.07) is 0. The first-order valence-corrected chi connectivity index (χ1v) is 9.38. The number of carbonyl (C=O) groups is 2. The number of fused-ring (bicyclic) bond motifs is 1. The van der Waals surface area contributed by atoms with Gasteiger partial charge in [-0.1, -0.05) is 6.92 Å². The summed E-state index contributed by atoms with van der Waals surface area (Å²) < 4.78 is 10.9. The van der Waals surface area contributed by atoms with Crippen molar-refractivity contribution in [3.63, 3.8) is 0 Å². The summed E-state index contributed by atoms with van der Waals surface area (Å²) in [5.74, 6) is 0.553. The van der Waals surface area contributed by atoms with Gasteiger partial charge in [0.2, 0.25) is 0 Å². The Morgan fingerprint density at radius 3 is 2.92 bits per heavy atom. The van der Waals surface area contributed by atoms with Gasteiger partial charge < -0.3 is 19.7 Å². The molecule has 3 aliphatic heterocycles. The molecule has 0 aromatic carbocycles. The van der Waals surface area contributed by atoms with Crippen LogP contribution in [0.25, 0.3) is 0 Å². The molecule has 2 saturated heterocycles. The summed E-state index contributed by atoms with van der Waals surface area (Å²) in [4.78, 5) is 26.8. The fourth-order valence-electron chi connectivity index (χ4n) is 3.12. The van der Waals surface area contributed by atoms with Gasteiger partial charge in [-0.25, -0.2) is 4.79 Å². The number of ketones is 1. The van der Waals surface area contributed by atoms with E-state index in [1.165, 1.54) is 0 Å². The number of hydrogen-bond donors (Lipinski definition) is 1. The Bertz CT molecular complexity index is 593. The van der Waals surface area contributed by atoms with Crippen LogP contribution in [0.15, 0.2) is 22.4 Å². The van der Waals surface area contributed by atoms with E-state index in [1.807, 2.05) is 20.8 Å². The van der Waals surface area contributed by atoms with E-state index in [-0.39, 0.29) is 23.8 Å². The highest BCUT2D eigenvalue weighted by Crippen LogP contribution is 2.45. The molecule has 0 aliphatic carbocycles. The largest absolute Gasteiger partial charge is 0.460 e. The lowest BCUT2D eigenvalue weighted by atomic mass is 10.1. The van der Waals surface area contributed by atoms with E-state index in [2.05, 4.69) is 10.2 Å². The van der Waals surface area contributed by atoms with Gasteiger partial charge in [-0.05, 0) is 13.8 Å². The second kappa shape index (κ2) is 7.29. The van der Waals surface area contributed by atoms with Gasteiger partial charge in [0.05, 0.1) is 23.3 Å². The number of carbonyl (C=O) groups excluding carboxylic acids is 2. The standard InChI is InChI=1S/C17H24N2O4S/c1-10(2)23-17(21)15-11(3)8-19-12(9-24-16(15)19)6-13(20)14-7-18-4-5-22-14/h6,10-11,14,18H,4-5,7-9H2,1-3H3. The Morgan fingerprint density at radius 2 is 2.25 bits per heavy atom. The molecule has 3 heterocycles. The summed E-state index contributed by atoms with van der Waals surface area (Å²) in [5, 5.41) is 4.11. The minimum atomic E-state index is -0.408. The van der Waals surface area contributed by atoms with Crippen LogP contribution in [0.4, 0.5) is 0 Å². The fourth-order valence-corrected chi connectivity index (χ4v) is 4.43. The predicted molar refractivity (Wildman–Crippen MR) is 92.3 cm³/mol. The lowest BCUT2D eigenvalue weighted by Gasteiger charge is -2.22. The van der Waals surface area contributed by atoms with Gasteiger partial charge in [0.1, 0.15) is 6.10 Å². The molecule has 0 bridgehead atoms. The highest BCUT2D eigenvalue weighted by molar-refractivity contribution is 8.03. The Kier molecular flexibility index (Phi) is 5.32. The predicted octanol–water partition coefficient (Wildman–Crippen LogP) is 1.29. The third-order valence-electron chi connectivity index (χ3n) is 4.24. The van der Waals surface area contributed by atoms with Gasteiger partial charge in [-0.3, -0.25) is 4.79 Å². The van der Waals surface area contributed by atoms with Crippen LogP contribution in [0.2, 0.25) is 0 Å². The van der Waals surface area contributed by atoms with Crippen LogP contribution in [0.1, 0.15) is 20.8 Å². The molecule has 3 aliphatic rings. The fraction of sp³-hybridized carbons (Fsp3) is 0.647. The van der Waals surface area contributed by atoms with E-state index in [1.54, 1.807) is 17.8 Å². The summed E-state index contributed by atoms with van der Waals surface area (Å²) in [6.07, 6.45) is 1.14. The zero-order chi connectivity index (χ0) is 17.3. The van der Waals surface area contributed by atoms with E-state index < -0.39 is 6.10 Å². The van der Waals surface area contributed by atoms with Crippen molar-refractivity contribution in [2.75, 3.05) is 32.0 Å². The molecule has 0 spiro atoms. The first-order valence-electron chi connectivity index (χ1n) is 8.39. The van der Waals surface area contributed by atoms with Crippen molar-refractivity contribution < 1.29 is 19.1 Å². The Morgan fingerprint density at radius 1 is 1.46 bits per heavy atom. The van der Waals surface area contributed by atoms with Gasteiger partial charge in [0.15, 0.2) is 5.78 Å². The normalized spacial score (nSPS) is 28.7. The van der Waals surface area contributed by atoms with Crippen molar-refractivity contribution in [2.24, 2.45) is 5.92 Å². The first-order chi connectivity index (χ1) is 11.5. The number of thioether (sulfide) groups is 1. The van der Waals surface area contributed by atoms with Crippen LogP contribution < -0.4 is 5.32 Å². The van der Waals surface area contributed by atoms with Crippen LogP contribution in [-0.2, 0) is 19.1 Å². The zero-order valence-electron chi connectivity index (χ0n) is 14.3. The second-order valence-corrected chi connectivity index (χ2v) is 7.54. The highest BCUT2D eigenvalue weighted by atomic mass is 32.2. The molecule has 7 heteroatoms. The summed E-state index contributed by atoms with van der Waals surface area (Å²) in [5.41, 5.74) is 1.69. The molecule has 24 heavy (non-hydrogen) atoms. The van der Waals surface area contributed by atoms with Crippen LogP contribution >= 0.6 is 11.8 Å². The smallest absolute Gasteiger partial charge is 0.337 e. The maximum Gasteiger partial charge on any atom is 0.337 e. The maximum atomic E-state index is 12.4. The average molecular weight is 352 g/mol. The van der Waals surface area contributed by atoms with Crippen LogP contribution in [0, 0.1) is 5.92 Å². The van der Waals surface area contributed by atoms with Gasteiger partial charge in [-0.2, -0.15) is 0 Å². The van der Waals surface area contributed by atoms with E-state index in [9.17, 15) is 9.59 Å². The first kappa shape index (κ1) is 17.5. The molecule has 1 N–H and O–H groups in total. The molecule has 132 valence electrons. The molecular weight excluding hydrogens is 328 g/mol. The van der Waals surface area contributed by atoms with Crippen molar-refractivity contribution in [1.29, 1.82) is 0 Å². The zero-order valence-corrected chi connectivity index (χ0v) is 15.1. The molecule has 2 fully saturated rings. The number of ether oxygens (including phenoxy) is 2. The van der Waals surface area contributed by atoms with E-state index in [4.69, 9.17) is 9.47 Å². The Labute approximate surface area is 146 Å². The van der Waals surface area contributed by atoms with Crippen LogP contribution in [0.5, 0.6) is 0 Å². The van der Waals surface area contributed by atoms with Crippen LogP contribution in [-0.4, -0.2) is 60.9 Å². The molecule has 0 amide bonds.